The van der Waals surface area contributed by atoms with Gasteiger partial charge < -0.3 is 10.1 Å². The van der Waals surface area contributed by atoms with E-state index in [4.69, 9.17) is 4.74 Å². The summed E-state index contributed by atoms with van der Waals surface area (Å²) in [5.41, 5.74) is 1.27. The number of benzene rings is 1. The minimum atomic E-state index is 0.665. The average Bonchev–Trinajstić information content (AvgIpc) is 2.45. The maximum absolute atomic E-state index is 5.33. The normalized spacial score (nSPS) is 22.8. The molecule has 0 bridgehead atoms. The van der Waals surface area contributed by atoms with Crippen molar-refractivity contribution in [2.24, 2.45) is 0 Å². The summed E-state index contributed by atoms with van der Waals surface area (Å²) in [6.07, 6.45) is 7.50. The minimum absolute atomic E-state index is 0.665. The van der Waals surface area contributed by atoms with Crippen LogP contribution >= 0.6 is 43.6 Å². The van der Waals surface area contributed by atoms with Gasteiger partial charge in [-0.25, -0.2) is 0 Å². The minimum Gasteiger partial charge on any atom is -0.494 e. The zero-order valence-electron chi connectivity index (χ0n) is 11.9. The Morgan fingerprint density at radius 1 is 1.20 bits per heavy atom. The van der Waals surface area contributed by atoms with Crippen LogP contribution in [0, 0.1) is 0 Å². The molecule has 20 heavy (non-hydrogen) atoms. The molecule has 112 valence electrons. The largest absolute Gasteiger partial charge is 0.494 e. The molecular weight excluding hydrogens is 402 g/mol. The third-order valence-corrected chi connectivity index (χ3v) is 6.18. The van der Waals surface area contributed by atoms with Gasteiger partial charge in [-0.15, -0.1) is 0 Å². The molecule has 1 N–H and O–H groups in total. The van der Waals surface area contributed by atoms with Crippen molar-refractivity contribution in [1.29, 1.82) is 0 Å². The van der Waals surface area contributed by atoms with Crippen molar-refractivity contribution < 1.29 is 4.74 Å². The van der Waals surface area contributed by atoms with E-state index < -0.39 is 0 Å². The summed E-state index contributed by atoms with van der Waals surface area (Å²) >= 11 is 9.13. The highest BCUT2D eigenvalue weighted by Gasteiger charge is 2.20. The molecule has 0 saturated heterocycles. The van der Waals surface area contributed by atoms with Gasteiger partial charge in [-0.1, -0.05) is 0 Å². The molecule has 1 saturated carbocycles. The van der Waals surface area contributed by atoms with E-state index in [0.29, 0.717) is 6.04 Å². The lowest BCUT2D eigenvalue weighted by atomic mass is 9.95. The van der Waals surface area contributed by atoms with Crippen molar-refractivity contribution in [3.8, 4) is 5.75 Å². The molecule has 2 nitrogen and oxygen atoms in total. The molecular formula is C15H21Br2NOS. The Labute approximate surface area is 142 Å². The van der Waals surface area contributed by atoms with Crippen LogP contribution in [-0.4, -0.2) is 24.7 Å². The maximum atomic E-state index is 5.33. The Hall–Kier alpha value is 0.290. The van der Waals surface area contributed by atoms with Crippen LogP contribution in [0.5, 0.6) is 5.75 Å². The Bertz CT molecular complexity index is 424. The summed E-state index contributed by atoms with van der Waals surface area (Å²) in [6, 6.07) is 4.92. The number of rotatable bonds is 5. The molecule has 1 aromatic rings. The van der Waals surface area contributed by atoms with Crippen molar-refractivity contribution in [2.45, 2.75) is 43.5 Å². The van der Waals surface area contributed by atoms with Crippen LogP contribution in [0.4, 0.5) is 0 Å². The molecule has 1 aliphatic carbocycles. The van der Waals surface area contributed by atoms with E-state index in [0.717, 1.165) is 26.5 Å². The van der Waals surface area contributed by atoms with E-state index in [1.165, 1.54) is 31.2 Å². The first-order valence-electron chi connectivity index (χ1n) is 6.92. The van der Waals surface area contributed by atoms with E-state index >= 15 is 0 Å². The second-order valence-corrected chi connectivity index (χ2v) is 8.03. The number of hydrogen-bond donors (Lipinski definition) is 1. The van der Waals surface area contributed by atoms with E-state index in [-0.39, 0.29) is 0 Å². The van der Waals surface area contributed by atoms with E-state index in [1.54, 1.807) is 7.11 Å². The maximum Gasteiger partial charge on any atom is 0.147 e. The molecule has 1 aromatic carbocycles. The lowest BCUT2D eigenvalue weighted by molar-refractivity contribution is 0.378. The number of methoxy groups -OCH3 is 1. The molecule has 1 aliphatic rings. The first-order valence-corrected chi connectivity index (χ1v) is 9.79. The molecule has 0 amide bonds. The average molecular weight is 423 g/mol. The first kappa shape index (κ1) is 16.7. The summed E-state index contributed by atoms with van der Waals surface area (Å²) in [4.78, 5) is 0. The SMILES string of the molecule is COc1c(Br)cc(CNC2CCC(SC)CC2)cc1Br. The van der Waals surface area contributed by atoms with Crippen LogP contribution in [0.3, 0.4) is 0 Å². The van der Waals surface area contributed by atoms with Gasteiger partial charge in [0.05, 0.1) is 16.1 Å². The van der Waals surface area contributed by atoms with Crippen LogP contribution < -0.4 is 10.1 Å². The summed E-state index contributed by atoms with van der Waals surface area (Å²) in [5, 5.41) is 4.56. The molecule has 2 rings (SSSR count). The fraction of sp³-hybridized carbons (Fsp3) is 0.600. The predicted octanol–water partition coefficient (Wildman–Crippen LogP) is 4.98. The highest BCUT2D eigenvalue weighted by molar-refractivity contribution is 9.11. The topological polar surface area (TPSA) is 21.3 Å². The van der Waals surface area contributed by atoms with Gasteiger partial charge in [-0.2, -0.15) is 11.8 Å². The third kappa shape index (κ3) is 4.39. The zero-order chi connectivity index (χ0) is 14.5. The van der Waals surface area contributed by atoms with Gasteiger partial charge in [0.1, 0.15) is 5.75 Å². The molecule has 0 radical (unpaired) electrons. The number of halogens is 2. The zero-order valence-corrected chi connectivity index (χ0v) is 15.9. The number of thioether (sulfide) groups is 1. The smallest absolute Gasteiger partial charge is 0.147 e. The van der Waals surface area contributed by atoms with Crippen molar-refractivity contribution >= 4 is 43.6 Å². The Balaban J connectivity index is 1.88. The Morgan fingerprint density at radius 2 is 1.80 bits per heavy atom. The summed E-state index contributed by atoms with van der Waals surface area (Å²) in [7, 11) is 1.69. The third-order valence-electron chi connectivity index (χ3n) is 3.86. The quantitative estimate of drug-likeness (QED) is 0.722. The fourth-order valence-electron chi connectivity index (χ4n) is 2.67. The van der Waals surface area contributed by atoms with Crippen LogP contribution in [0.1, 0.15) is 31.2 Å². The monoisotopic (exact) mass is 421 g/mol. The molecule has 0 aromatic heterocycles. The van der Waals surface area contributed by atoms with Gasteiger partial charge in [-0.05, 0) is 81.5 Å². The van der Waals surface area contributed by atoms with E-state index in [1.807, 2.05) is 11.8 Å². The first-order chi connectivity index (χ1) is 9.63. The molecule has 5 heteroatoms. The van der Waals surface area contributed by atoms with Crippen LogP contribution in [-0.2, 0) is 6.54 Å². The van der Waals surface area contributed by atoms with Crippen LogP contribution in [0.25, 0.3) is 0 Å². The number of ether oxygens (including phenoxy) is 1. The molecule has 0 spiro atoms. The molecule has 0 aliphatic heterocycles. The van der Waals surface area contributed by atoms with Crippen LogP contribution in [0.15, 0.2) is 21.1 Å². The van der Waals surface area contributed by atoms with Gasteiger partial charge in [0.15, 0.2) is 0 Å². The lowest BCUT2D eigenvalue weighted by Crippen LogP contribution is -2.33. The van der Waals surface area contributed by atoms with Gasteiger partial charge in [0.25, 0.3) is 0 Å². The summed E-state index contributed by atoms with van der Waals surface area (Å²) < 4.78 is 7.33. The Kier molecular flexibility index (Phi) is 6.72. The van der Waals surface area contributed by atoms with Gasteiger partial charge in [0.2, 0.25) is 0 Å². The van der Waals surface area contributed by atoms with Gasteiger partial charge in [0, 0.05) is 17.8 Å². The Morgan fingerprint density at radius 3 is 2.30 bits per heavy atom. The molecule has 0 heterocycles. The highest BCUT2D eigenvalue weighted by Crippen LogP contribution is 2.34. The second-order valence-electron chi connectivity index (χ2n) is 5.18. The number of nitrogens with one attached hydrogen (secondary N) is 1. The highest BCUT2D eigenvalue weighted by atomic mass is 79.9. The molecule has 1 fully saturated rings. The van der Waals surface area contributed by atoms with Gasteiger partial charge in [-0.3, -0.25) is 0 Å². The fourth-order valence-corrected chi connectivity index (χ4v) is 5.02. The van der Waals surface area contributed by atoms with Gasteiger partial charge >= 0.3 is 0 Å². The predicted molar refractivity (Wildman–Crippen MR) is 94.8 cm³/mol. The van der Waals surface area contributed by atoms with Crippen molar-refractivity contribution in [3.05, 3.63) is 26.6 Å². The molecule has 0 atom stereocenters. The standard InChI is InChI=1S/C15H21Br2NOS/c1-19-15-13(16)7-10(8-14(15)17)9-18-11-3-5-12(20-2)6-4-11/h7-8,11-12,18H,3-6,9H2,1-2H3. The second kappa shape index (κ2) is 8.06. The van der Waals surface area contributed by atoms with Crippen molar-refractivity contribution in [3.63, 3.8) is 0 Å². The van der Waals surface area contributed by atoms with Crippen molar-refractivity contribution in [1.82, 2.24) is 5.32 Å². The summed E-state index contributed by atoms with van der Waals surface area (Å²) in [6.45, 7) is 0.912. The van der Waals surface area contributed by atoms with E-state index in [2.05, 4.69) is 55.6 Å². The molecule has 0 unspecified atom stereocenters. The lowest BCUT2D eigenvalue weighted by Gasteiger charge is -2.28. The summed E-state index contributed by atoms with van der Waals surface area (Å²) in [5.74, 6) is 0.856. The van der Waals surface area contributed by atoms with Crippen molar-refractivity contribution in [2.75, 3.05) is 13.4 Å². The van der Waals surface area contributed by atoms with E-state index in [9.17, 15) is 0 Å². The van der Waals surface area contributed by atoms with Crippen LogP contribution in [0.2, 0.25) is 0 Å². The number of hydrogen-bond acceptors (Lipinski definition) is 3.